The van der Waals surface area contributed by atoms with Crippen molar-refractivity contribution in [3.63, 3.8) is 0 Å². The highest BCUT2D eigenvalue weighted by Crippen LogP contribution is 2.49. The lowest BCUT2D eigenvalue weighted by Crippen LogP contribution is -2.40. The molecule has 1 saturated heterocycles. The van der Waals surface area contributed by atoms with Crippen LogP contribution in [0.2, 0.25) is 0 Å². The number of hydrogen-bond acceptors (Lipinski definition) is 4. The number of nitrogens with zero attached hydrogens (tertiary/aromatic N) is 3. The Bertz CT molecular complexity index is 588. The van der Waals surface area contributed by atoms with E-state index < -0.39 is 0 Å². The van der Waals surface area contributed by atoms with Crippen LogP contribution in [0.4, 0.5) is 5.95 Å². The van der Waals surface area contributed by atoms with Gasteiger partial charge in [0.1, 0.15) is 0 Å². The highest BCUT2D eigenvalue weighted by atomic mass is 16.1. The molecule has 1 aromatic heterocycles. The summed E-state index contributed by atoms with van der Waals surface area (Å²) in [6.07, 6.45) is 12.1. The van der Waals surface area contributed by atoms with E-state index in [9.17, 15) is 4.79 Å². The summed E-state index contributed by atoms with van der Waals surface area (Å²) in [6.45, 7) is 4.95. The van der Waals surface area contributed by atoms with Crippen LogP contribution in [0.5, 0.6) is 0 Å². The van der Waals surface area contributed by atoms with Crippen molar-refractivity contribution < 1.29 is 4.79 Å². The molecule has 1 amide bonds. The number of hydrogen-bond donors (Lipinski definition) is 1. The largest absolute Gasteiger partial charge is 0.356 e. The molecule has 4 rings (SSSR count). The number of nitrogens with one attached hydrogen (secondary N) is 1. The van der Waals surface area contributed by atoms with E-state index in [-0.39, 0.29) is 5.92 Å². The smallest absolute Gasteiger partial charge is 0.225 e. The zero-order valence-corrected chi connectivity index (χ0v) is 14.6. The average molecular weight is 328 g/mol. The first-order valence-corrected chi connectivity index (χ1v) is 9.45. The van der Waals surface area contributed by atoms with Gasteiger partial charge in [-0.2, -0.15) is 0 Å². The number of carbonyl (C=O) groups excluding carboxylic acids is 1. The SMILES string of the molecule is Cc1cnc(N2CCC3(CC[C@@H](C(=O)NCC4CC4)C3)CC2)nc1. The van der Waals surface area contributed by atoms with Crippen LogP contribution in [0.15, 0.2) is 12.4 Å². The van der Waals surface area contributed by atoms with Gasteiger partial charge in [-0.15, -0.1) is 0 Å². The van der Waals surface area contributed by atoms with Crippen molar-refractivity contribution in [1.82, 2.24) is 15.3 Å². The first-order valence-electron chi connectivity index (χ1n) is 9.45. The molecule has 2 aliphatic carbocycles. The Morgan fingerprint density at radius 1 is 1.21 bits per heavy atom. The molecular weight excluding hydrogens is 300 g/mol. The number of rotatable bonds is 4. The molecule has 1 aromatic rings. The van der Waals surface area contributed by atoms with Crippen molar-refractivity contribution in [2.45, 2.75) is 51.9 Å². The Morgan fingerprint density at radius 2 is 1.92 bits per heavy atom. The summed E-state index contributed by atoms with van der Waals surface area (Å²) in [4.78, 5) is 23.6. The molecule has 1 N–H and O–H groups in total. The topological polar surface area (TPSA) is 58.1 Å². The fraction of sp³-hybridized carbons (Fsp3) is 0.737. The second kappa shape index (κ2) is 6.34. The monoisotopic (exact) mass is 328 g/mol. The second-order valence-corrected chi connectivity index (χ2v) is 8.18. The highest BCUT2D eigenvalue weighted by Gasteiger charge is 2.43. The maximum absolute atomic E-state index is 12.4. The summed E-state index contributed by atoms with van der Waals surface area (Å²) < 4.78 is 0. The van der Waals surface area contributed by atoms with Gasteiger partial charge < -0.3 is 10.2 Å². The predicted octanol–water partition coefficient (Wildman–Crippen LogP) is 2.70. The Hall–Kier alpha value is -1.65. The van der Waals surface area contributed by atoms with E-state index in [0.29, 0.717) is 11.3 Å². The highest BCUT2D eigenvalue weighted by molar-refractivity contribution is 5.79. The average Bonchev–Trinajstić information content (AvgIpc) is 3.35. The van der Waals surface area contributed by atoms with E-state index in [4.69, 9.17) is 0 Å². The summed E-state index contributed by atoms with van der Waals surface area (Å²) in [5, 5.41) is 3.18. The Morgan fingerprint density at radius 3 is 2.58 bits per heavy atom. The summed E-state index contributed by atoms with van der Waals surface area (Å²) >= 11 is 0. The lowest BCUT2D eigenvalue weighted by molar-refractivity contribution is -0.125. The third kappa shape index (κ3) is 3.40. The van der Waals surface area contributed by atoms with Gasteiger partial charge in [-0.05, 0) is 68.8 Å². The summed E-state index contributed by atoms with van der Waals surface area (Å²) in [5.41, 5.74) is 1.48. The van der Waals surface area contributed by atoms with Crippen LogP contribution in [0.3, 0.4) is 0 Å². The van der Waals surface area contributed by atoms with Gasteiger partial charge in [-0.3, -0.25) is 4.79 Å². The van der Waals surface area contributed by atoms with Crippen LogP contribution in [-0.4, -0.2) is 35.5 Å². The van der Waals surface area contributed by atoms with Gasteiger partial charge in [0.05, 0.1) is 0 Å². The van der Waals surface area contributed by atoms with E-state index in [2.05, 4.69) is 20.2 Å². The van der Waals surface area contributed by atoms with Crippen molar-refractivity contribution in [2.24, 2.45) is 17.3 Å². The molecule has 2 saturated carbocycles. The Balaban J connectivity index is 1.30. The molecule has 3 fully saturated rings. The van der Waals surface area contributed by atoms with Crippen molar-refractivity contribution in [2.75, 3.05) is 24.5 Å². The minimum absolute atomic E-state index is 0.242. The van der Waals surface area contributed by atoms with Gasteiger partial charge in [-0.1, -0.05) is 0 Å². The van der Waals surface area contributed by atoms with E-state index in [1.807, 2.05) is 19.3 Å². The molecule has 130 valence electrons. The molecule has 1 spiro atoms. The Kier molecular flexibility index (Phi) is 4.19. The molecule has 2 heterocycles. The lowest BCUT2D eigenvalue weighted by Gasteiger charge is -2.39. The van der Waals surface area contributed by atoms with Crippen molar-refractivity contribution in [3.05, 3.63) is 18.0 Å². The number of piperidine rings is 1. The van der Waals surface area contributed by atoms with Crippen molar-refractivity contribution >= 4 is 11.9 Å². The third-order valence-electron chi connectivity index (χ3n) is 6.21. The van der Waals surface area contributed by atoms with Crippen LogP contribution < -0.4 is 10.2 Å². The zero-order chi connectivity index (χ0) is 16.6. The zero-order valence-electron chi connectivity index (χ0n) is 14.6. The van der Waals surface area contributed by atoms with E-state index in [0.717, 1.165) is 62.7 Å². The van der Waals surface area contributed by atoms with Crippen LogP contribution in [0, 0.1) is 24.2 Å². The molecule has 0 radical (unpaired) electrons. The maximum atomic E-state index is 12.4. The van der Waals surface area contributed by atoms with E-state index in [1.165, 1.54) is 19.3 Å². The standard InChI is InChI=1S/C19H28N4O/c1-14-11-21-18(22-12-14)23-8-6-19(7-9-23)5-4-16(10-19)17(24)20-13-15-2-3-15/h11-12,15-16H,2-10,13H2,1H3,(H,20,24)/t16-/m1/s1. The fourth-order valence-corrected chi connectivity index (χ4v) is 4.33. The minimum atomic E-state index is 0.242. The normalized spacial score (nSPS) is 25.9. The first-order chi connectivity index (χ1) is 11.6. The van der Waals surface area contributed by atoms with Crippen LogP contribution in [-0.2, 0) is 4.79 Å². The van der Waals surface area contributed by atoms with Crippen molar-refractivity contribution in [3.8, 4) is 0 Å². The third-order valence-corrected chi connectivity index (χ3v) is 6.21. The fourth-order valence-electron chi connectivity index (χ4n) is 4.33. The Labute approximate surface area is 144 Å². The number of anilines is 1. The van der Waals surface area contributed by atoms with Gasteiger partial charge in [0.15, 0.2) is 0 Å². The van der Waals surface area contributed by atoms with Crippen molar-refractivity contribution in [1.29, 1.82) is 0 Å². The summed E-state index contributed by atoms with van der Waals surface area (Å²) in [7, 11) is 0. The number of aromatic nitrogens is 2. The lowest BCUT2D eigenvalue weighted by atomic mass is 9.76. The number of amides is 1. The van der Waals surface area contributed by atoms with Gasteiger partial charge >= 0.3 is 0 Å². The van der Waals surface area contributed by atoms with Gasteiger partial charge in [0.2, 0.25) is 11.9 Å². The second-order valence-electron chi connectivity index (χ2n) is 8.18. The molecule has 5 nitrogen and oxygen atoms in total. The van der Waals surface area contributed by atoms with E-state index in [1.54, 1.807) is 0 Å². The molecule has 5 heteroatoms. The van der Waals surface area contributed by atoms with Crippen LogP contribution >= 0.6 is 0 Å². The first kappa shape index (κ1) is 15.9. The molecule has 0 unspecified atom stereocenters. The summed E-state index contributed by atoms with van der Waals surface area (Å²) in [5.74, 6) is 2.17. The van der Waals surface area contributed by atoms with E-state index >= 15 is 0 Å². The van der Waals surface area contributed by atoms with Crippen LogP contribution in [0.1, 0.15) is 50.5 Å². The number of aryl methyl sites for hydroxylation is 1. The summed E-state index contributed by atoms with van der Waals surface area (Å²) in [6, 6.07) is 0. The van der Waals surface area contributed by atoms with Gasteiger partial charge in [0, 0.05) is 37.9 Å². The van der Waals surface area contributed by atoms with Gasteiger partial charge in [-0.25, -0.2) is 9.97 Å². The molecule has 3 aliphatic rings. The molecular formula is C19H28N4O. The van der Waals surface area contributed by atoms with Gasteiger partial charge in [0.25, 0.3) is 0 Å². The quantitative estimate of drug-likeness (QED) is 0.923. The van der Waals surface area contributed by atoms with Crippen LogP contribution in [0.25, 0.3) is 0 Å². The number of carbonyl (C=O) groups is 1. The molecule has 1 atom stereocenters. The minimum Gasteiger partial charge on any atom is -0.356 e. The molecule has 0 bridgehead atoms. The molecule has 24 heavy (non-hydrogen) atoms. The molecule has 0 aromatic carbocycles. The predicted molar refractivity (Wildman–Crippen MR) is 93.7 cm³/mol. The maximum Gasteiger partial charge on any atom is 0.225 e. The molecule has 1 aliphatic heterocycles.